The van der Waals surface area contributed by atoms with Crippen LogP contribution in [0.3, 0.4) is 0 Å². The van der Waals surface area contributed by atoms with Crippen LogP contribution in [0.2, 0.25) is 0 Å². The van der Waals surface area contributed by atoms with Gasteiger partial charge in [-0.1, -0.05) is 19.3 Å². The molecule has 1 aliphatic carbocycles. The van der Waals surface area contributed by atoms with E-state index in [1.165, 1.54) is 4.90 Å². The number of amides is 1. The summed E-state index contributed by atoms with van der Waals surface area (Å²) in [6.45, 7) is 1.29. The largest absolute Gasteiger partial charge is 0.465 e. The third-order valence-electron chi connectivity index (χ3n) is 4.85. The maximum Gasteiger partial charge on any atom is 0.330 e. The van der Waals surface area contributed by atoms with Crippen molar-refractivity contribution in [1.29, 1.82) is 0 Å². The van der Waals surface area contributed by atoms with Crippen molar-refractivity contribution in [2.45, 2.75) is 51.1 Å². The number of Topliss-reactive ketones (excluding diaryl/α,β-unsaturated/α-hetero) is 1. The zero-order valence-corrected chi connectivity index (χ0v) is 12.5. The Labute approximate surface area is 127 Å². The molecule has 22 heavy (non-hydrogen) atoms. The lowest BCUT2D eigenvalue weighted by Crippen LogP contribution is -2.51. The summed E-state index contributed by atoms with van der Waals surface area (Å²) in [6.07, 6.45) is 4.43. The highest BCUT2D eigenvalue weighted by molar-refractivity contribution is 6.46. The van der Waals surface area contributed by atoms with Crippen LogP contribution in [-0.2, 0) is 28.7 Å². The molecule has 2 heterocycles. The normalized spacial score (nSPS) is 32.1. The number of carbonyl (C=O) groups is 4. The van der Waals surface area contributed by atoms with Gasteiger partial charge in [0.05, 0.1) is 6.61 Å². The Morgan fingerprint density at radius 1 is 1.27 bits per heavy atom. The van der Waals surface area contributed by atoms with E-state index < -0.39 is 41.7 Å². The average molecular weight is 309 g/mol. The van der Waals surface area contributed by atoms with Crippen LogP contribution in [0.4, 0.5) is 0 Å². The number of ether oxygens (including phenoxy) is 2. The van der Waals surface area contributed by atoms with Crippen LogP contribution in [-0.4, -0.2) is 53.8 Å². The summed E-state index contributed by atoms with van der Waals surface area (Å²) in [5.74, 6) is -3.13. The molecule has 2 saturated heterocycles. The predicted octanol–water partition coefficient (Wildman–Crippen LogP) is 0.205. The van der Waals surface area contributed by atoms with Crippen LogP contribution in [0.15, 0.2) is 0 Å². The molecule has 3 rings (SSSR count). The van der Waals surface area contributed by atoms with E-state index in [-0.39, 0.29) is 12.6 Å². The molecule has 3 fully saturated rings. The van der Waals surface area contributed by atoms with Crippen molar-refractivity contribution < 1.29 is 28.7 Å². The van der Waals surface area contributed by atoms with Crippen molar-refractivity contribution >= 4 is 23.6 Å². The minimum Gasteiger partial charge on any atom is -0.465 e. The van der Waals surface area contributed by atoms with Crippen molar-refractivity contribution in [3.8, 4) is 0 Å². The van der Waals surface area contributed by atoms with Crippen molar-refractivity contribution in [2.24, 2.45) is 5.41 Å². The molecule has 1 amide bonds. The first-order valence-corrected chi connectivity index (χ1v) is 7.75. The second kappa shape index (κ2) is 5.37. The van der Waals surface area contributed by atoms with Gasteiger partial charge in [0.2, 0.25) is 11.2 Å². The van der Waals surface area contributed by atoms with Crippen LogP contribution in [0.25, 0.3) is 0 Å². The maximum atomic E-state index is 12.5. The maximum absolute atomic E-state index is 12.5. The molecule has 0 N–H and O–H groups in total. The molecule has 3 aliphatic rings. The van der Waals surface area contributed by atoms with Crippen molar-refractivity contribution in [2.75, 3.05) is 13.2 Å². The lowest BCUT2D eigenvalue weighted by Gasteiger charge is -2.34. The van der Waals surface area contributed by atoms with Gasteiger partial charge in [-0.15, -0.1) is 0 Å². The second-order valence-corrected chi connectivity index (χ2v) is 6.04. The number of carbonyl (C=O) groups excluding carboxylic acids is 4. The van der Waals surface area contributed by atoms with Crippen LogP contribution in [0, 0.1) is 5.41 Å². The SMILES string of the molecule is CCOC(=O)[C@]12COC(=O)[C@@H]1N(C1CCCCC1)C(=O)C2=O. The molecule has 0 bridgehead atoms. The molecule has 7 heteroatoms. The van der Waals surface area contributed by atoms with Gasteiger partial charge in [-0.3, -0.25) is 14.4 Å². The Kier molecular flexibility index (Phi) is 3.66. The highest BCUT2D eigenvalue weighted by atomic mass is 16.6. The second-order valence-electron chi connectivity index (χ2n) is 6.04. The van der Waals surface area contributed by atoms with Gasteiger partial charge in [-0.2, -0.15) is 0 Å². The molecule has 0 radical (unpaired) electrons. The first-order valence-electron chi connectivity index (χ1n) is 7.75. The van der Waals surface area contributed by atoms with E-state index in [4.69, 9.17) is 9.47 Å². The quantitative estimate of drug-likeness (QED) is 0.420. The zero-order valence-electron chi connectivity index (χ0n) is 12.5. The molecular formula is C15H19NO6. The van der Waals surface area contributed by atoms with E-state index >= 15 is 0 Å². The Balaban J connectivity index is 2.00. The van der Waals surface area contributed by atoms with Crippen molar-refractivity contribution in [3.63, 3.8) is 0 Å². The van der Waals surface area contributed by atoms with Gasteiger partial charge in [0.15, 0.2) is 6.04 Å². The highest BCUT2D eigenvalue weighted by Gasteiger charge is 2.72. The molecule has 2 aliphatic heterocycles. The monoisotopic (exact) mass is 309 g/mol. The van der Waals surface area contributed by atoms with Crippen LogP contribution < -0.4 is 0 Å². The third-order valence-corrected chi connectivity index (χ3v) is 4.85. The van der Waals surface area contributed by atoms with Gasteiger partial charge >= 0.3 is 11.9 Å². The Hall–Kier alpha value is -1.92. The summed E-state index contributed by atoms with van der Waals surface area (Å²) in [5, 5.41) is 0. The van der Waals surface area contributed by atoms with Gasteiger partial charge < -0.3 is 14.4 Å². The first kappa shape index (κ1) is 15.0. The van der Waals surface area contributed by atoms with E-state index in [9.17, 15) is 19.2 Å². The van der Waals surface area contributed by atoms with E-state index in [1.54, 1.807) is 6.92 Å². The van der Waals surface area contributed by atoms with Gasteiger partial charge in [0.1, 0.15) is 6.61 Å². The molecule has 0 aromatic rings. The number of hydrogen-bond donors (Lipinski definition) is 0. The standard InChI is InChI=1S/C15H19NO6/c1-2-21-14(20)15-8-22-13(19)10(15)16(12(18)11(15)17)9-6-4-3-5-7-9/h9-10H,2-8H2,1H3/t10-,15+/m0/s1. The molecule has 0 aromatic carbocycles. The average Bonchev–Trinajstić information content (AvgIpc) is 2.97. The molecule has 0 unspecified atom stereocenters. The van der Waals surface area contributed by atoms with E-state index in [1.807, 2.05) is 0 Å². The van der Waals surface area contributed by atoms with E-state index in [0.717, 1.165) is 32.1 Å². The summed E-state index contributed by atoms with van der Waals surface area (Å²) in [6, 6.07) is -1.34. The Morgan fingerprint density at radius 2 is 1.95 bits per heavy atom. The summed E-state index contributed by atoms with van der Waals surface area (Å²) in [7, 11) is 0. The number of fused-ring (bicyclic) bond motifs is 1. The first-order chi connectivity index (χ1) is 10.5. The smallest absolute Gasteiger partial charge is 0.330 e. The van der Waals surface area contributed by atoms with Gasteiger partial charge in [0, 0.05) is 6.04 Å². The Bertz CT molecular complexity index is 538. The fraction of sp³-hybridized carbons (Fsp3) is 0.733. The minimum atomic E-state index is -1.80. The van der Waals surface area contributed by atoms with Crippen LogP contribution >= 0.6 is 0 Å². The molecule has 120 valence electrons. The number of ketones is 1. The van der Waals surface area contributed by atoms with Crippen LogP contribution in [0.1, 0.15) is 39.0 Å². The van der Waals surface area contributed by atoms with E-state index in [0.29, 0.717) is 0 Å². The summed E-state index contributed by atoms with van der Waals surface area (Å²) in [5.41, 5.74) is -1.80. The summed E-state index contributed by atoms with van der Waals surface area (Å²) >= 11 is 0. The predicted molar refractivity (Wildman–Crippen MR) is 72.5 cm³/mol. The minimum absolute atomic E-state index is 0.0758. The lowest BCUT2D eigenvalue weighted by molar-refractivity contribution is -0.160. The topological polar surface area (TPSA) is 90.0 Å². The number of cyclic esters (lactones) is 1. The number of esters is 2. The molecule has 0 spiro atoms. The van der Waals surface area contributed by atoms with Gasteiger partial charge in [-0.25, -0.2) is 4.79 Å². The highest BCUT2D eigenvalue weighted by Crippen LogP contribution is 2.44. The fourth-order valence-electron chi connectivity index (χ4n) is 3.77. The van der Waals surface area contributed by atoms with Gasteiger partial charge in [-0.05, 0) is 19.8 Å². The third kappa shape index (κ3) is 1.87. The lowest BCUT2D eigenvalue weighted by atomic mass is 9.81. The van der Waals surface area contributed by atoms with Crippen molar-refractivity contribution in [1.82, 2.24) is 4.90 Å². The number of hydrogen-bond acceptors (Lipinski definition) is 6. The number of nitrogens with zero attached hydrogens (tertiary/aromatic N) is 1. The summed E-state index contributed by atoms with van der Waals surface area (Å²) < 4.78 is 9.94. The van der Waals surface area contributed by atoms with Crippen molar-refractivity contribution in [3.05, 3.63) is 0 Å². The molecule has 0 aromatic heterocycles. The van der Waals surface area contributed by atoms with E-state index in [2.05, 4.69) is 0 Å². The summed E-state index contributed by atoms with van der Waals surface area (Å²) in [4.78, 5) is 50.7. The molecular weight excluding hydrogens is 290 g/mol. The fourth-order valence-corrected chi connectivity index (χ4v) is 3.77. The van der Waals surface area contributed by atoms with Crippen LogP contribution in [0.5, 0.6) is 0 Å². The Morgan fingerprint density at radius 3 is 2.59 bits per heavy atom. The van der Waals surface area contributed by atoms with Gasteiger partial charge in [0.25, 0.3) is 5.91 Å². The molecule has 2 atom stereocenters. The zero-order chi connectivity index (χ0) is 15.9. The molecule has 7 nitrogen and oxygen atoms in total. The number of likely N-dealkylation sites (tertiary alicyclic amines) is 1. The molecule has 1 saturated carbocycles. The number of rotatable bonds is 3.